The Labute approximate surface area is 190 Å². The second-order valence-electron chi connectivity index (χ2n) is 6.69. The van der Waals surface area contributed by atoms with Crippen LogP contribution in [-0.2, 0) is 23.6 Å². The SMILES string of the molecule is Fc1ccc(/C=C/c2nc3ccccc3n2C[C]2[CH][CH][CH][CH]2)cc1.[CH]1[CH][CH][CH][CH]1.[Fe+2]. The van der Waals surface area contributed by atoms with Crippen LogP contribution in [0.4, 0.5) is 4.39 Å². The largest absolute Gasteiger partial charge is 2.00 e. The van der Waals surface area contributed by atoms with Crippen LogP contribution in [-0.4, -0.2) is 9.55 Å². The topological polar surface area (TPSA) is 17.8 Å². The Morgan fingerprint density at radius 1 is 0.767 bits per heavy atom. The van der Waals surface area contributed by atoms with Crippen molar-refractivity contribution in [2.45, 2.75) is 6.54 Å². The van der Waals surface area contributed by atoms with Crippen LogP contribution in [0.25, 0.3) is 23.2 Å². The van der Waals surface area contributed by atoms with E-state index in [9.17, 15) is 4.39 Å². The van der Waals surface area contributed by atoms with Crippen molar-refractivity contribution in [3.05, 3.63) is 129 Å². The molecule has 0 bridgehead atoms. The Kier molecular flexibility index (Phi) is 8.72. The second kappa shape index (κ2) is 11.5. The Morgan fingerprint density at radius 2 is 1.40 bits per heavy atom. The van der Waals surface area contributed by atoms with Crippen LogP contribution in [0.3, 0.4) is 0 Å². The smallest absolute Gasteiger partial charge is 0.324 e. The summed E-state index contributed by atoms with van der Waals surface area (Å²) >= 11 is 0. The molecule has 2 nitrogen and oxygen atoms in total. The van der Waals surface area contributed by atoms with Crippen LogP contribution in [0, 0.1) is 69.5 Å². The van der Waals surface area contributed by atoms with Gasteiger partial charge in [0.25, 0.3) is 0 Å². The van der Waals surface area contributed by atoms with Gasteiger partial charge in [-0.05, 0) is 93.7 Å². The molecule has 2 fully saturated rings. The zero-order chi connectivity index (χ0) is 19.9. The van der Waals surface area contributed by atoms with Crippen molar-refractivity contribution in [1.29, 1.82) is 0 Å². The molecule has 0 atom stereocenters. The number of aromatic nitrogens is 2. The summed E-state index contributed by atoms with van der Waals surface area (Å²) in [5.41, 5.74) is 3.03. The predicted molar refractivity (Wildman–Crippen MR) is 117 cm³/mol. The van der Waals surface area contributed by atoms with Crippen LogP contribution in [0.2, 0.25) is 0 Å². The van der Waals surface area contributed by atoms with Crippen LogP contribution in [0.15, 0.2) is 48.5 Å². The molecule has 1 aromatic heterocycles. The van der Waals surface area contributed by atoms with E-state index < -0.39 is 0 Å². The molecular formula is C26H21FFeN2+2. The van der Waals surface area contributed by atoms with Gasteiger partial charge in [0.05, 0.1) is 11.0 Å². The minimum Gasteiger partial charge on any atom is -0.324 e. The van der Waals surface area contributed by atoms with Crippen molar-refractivity contribution in [2.75, 3.05) is 0 Å². The predicted octanol–water partition coefficient (Wildman–Crippen LogP) is 5.77. The molecule has 0 amide bonds. The number of rotatable bonds is 4. The maximum Gasteiger partial charge on any atom is 2.00 e. The third kappa shape index (κ3) is 6.06. The summed E-state index contributed by atoms with van der Waals surface area (Å²) in [6, 6.07) is 14.6. The van der Waals surface area contributed by atoms with E-state index in [1.165, 1.54) is 18.1 Å². The minimum absolute atomic E-state index is 0. The molecule has 0 unspecified atom stereocenters. The van der Waals surface area contributed by atoms with E-state index in [1.54, 1.807) is 12.1 Å². The Bertz CT molecular complexity index is 928. The molecule has 2 aliphatic carbocycles. The molecule has 5 rings (SSSR count). The minimum atomic E-state index is -0.226. The van der Waals surface area contributed by atoms with E-state index >= 15 is 0 Å². The van der Waals surface area contributed by atoms with E-state index in [-0.39, 0.29) is 22.9 Å². The number of benzene rings is 2. The van der Waals surface area contributed by atoms with Gasteiger partial charge >= 0.3 is 17.1 Å². The molecule has 2 saturated carbocycles. The van der Waals surface area contributed by atoms with Crippen molar-refractivity contribution in [3.63, 3.8) is 0 Å². The van der Waals surface area contributed by atoms with Gasteiger partial charge in [-0.3, -0.25) is 0 Å². The molecule has 2 aliphatic rings. The van der Waals surface area contributed by atoms with Crippen molar-refractivity contribution >= 4 is 23.2 Å². The molecule has 0 spiro atoms. The number of hydrogen-bond acceptors (Lipinski definition) is 1. The first-order valence-electron chi connectivity index (χ1n) is 9.56. The van der Waals surface area contributed by atoms with Crippen molar-refractivity contribution in [1.82, 2.24) is 9.55 Å². The summed E-state index contributed by atoms with van der Waals surface area (Å²) in [7, 11) is 0. The maximum absolute atomic E-state index is 13.0. The van der Waals surface area contributed by atoms with Gasteiger partial charge in [0.2, 0.25) is 0 Å². The third-order valence-corrected chi connectivity index (χ3v) is 4.61. The van der Waals surface area contributed by atoms with E-state index in [0.29, 0.717) is 0 Å². The van der Waals surface area contributed by atoms with Crippen LogP contribution >= 0.6 is 0 Å². The summed E-state index contributed by atoms with van der Waals surface area (Å²) in [4.78, 5) is 4.73. The molecule has 4 heteroatoms. The van der Waals surface area contributed by atoms with E-state index in [0.717, 1.165) is 29.0 Å². The Hall–Kier alpha value is -1.90. The molecule has 30 heavy (non-hydrogen) atoms. The van der Waals surface area contributed by atoms with Crippen LogP contribution in [0.1, 0.15) is 11.4 Å². The standard InChI is InChI=1S/C21H16FN2.C5H5.Fe/c22-18-12-9-16(10-13-18)11-14-21-23-19-7-3-4-8-20(19)24(21)15-17-5-1-2-6-17;1-2-4-5-3-1;/h1-14H,15H2;1-5H;/q;;+2/b14-11+;;. The van der Waals surface area contributed by atoms with Crippen molar-refractivity contribution < 1.29 is 21.5 Å². The third-order valence-electron chi connectivity index (χ3n) is 4.61. The van der Waals surface area contributed by atoms with Gasteiger partial charge < -0.3 is 4.57 Å². The molecule has 0 saturated heterocycles. The average molecular weight is 436 g/mol. The van der Waals surface area contributed by atoms with Gasteiger partial charge in [-0.15, -0.1) is 0 Å². The number of hydrogen-bond donors (Lipinski definition) is 0. The molecule has 3 aromatic rings. The first-order valence-corrected chi connectivity index (χ1v) is 9.56. The normalized spacial score (nSPS) is 16.6. The number of imidazole rings is 1. The average Bonchev–Trinajstić information content (AvgIpc) is 3.52. The van der Waals surface area contributed by atoms with Gasteiger partial charge in [-0.2, -0.15) is 0 Å². The van der Waals surface area contributed by atoms with E-state index in [2.05, 4.69) is 23.5 Å². The first kappa shape index (κ1) is 22.8. The zero-order valence-corrected chi connectivity index (χ0v) is 17.4. The van der Waals surface area contributed by atoms with Gasteiger partial charge in [-0.25, -0.2) is 9.37 Å². The van der Waals surface area contributed by atoms with Crippen molar-refractivity contribution in [3.8, 4) is 0 Å². The number of para-hydroxylation sites is 2. The van der Waals surface area contributed by atoms with Gasteiger partial charge in [0.1, 0.15) is 11.6 Å². The summed E-state index contributed by atoms with van der Waals surface area (Å²) in [6.07, 6.45) is 22.3. The summed E-state index contributed by atoms with van der Waals surface area (Å²) in [5, 5.41) is 0. The fraction of sp³-hybridized carbons (Fsp3) is 0.0385. The number of fused-ring (bicyclic) bond motifs is 1. The quantitative estimate of drug-likeness (QED) is 0.475. The number of nitrogens with zero attached hydrogens (tertiary/aromatic N) is 2. The van der Waals surface area contributed by atoms with E-state index in [1.807, 2.05) is 75.3 Å². The molecule has 2 aromatic carbocycles. The van der Waals surface area contributed by atoms with Gasteiger partial charge in [-0.1, -0.05) is 30.3 Å². The molecule has 0 N–H and O–H groups in total. The van der Waals surface area contributed by atoms with E-state index in [4.69, 9.17) is 4.98 Å². The summed E-state index contributed by atoms with van der Waals surface area (Å²) in [6.45, 7) is 0.774. The second-order valence-corrected chi connectivity index (χ2v) is 6.69. The first-order chi connectivity index (χ1) is 14.3. The van der Waals surface area contributed by atoms with Crippen molar-refractivity contribution in [2.24, 2.45) is 0 Å². The van der Waals surface area contributed by atoms with Crippen LogP contribution < -0.4 is 0 Å². The fourth-order valence-corrected chi connectivity index (χ4v) is 3.15. The Balaban J connectivity index is 0.000000376. The number of halogens is 1. The summed E-state index contributed by atoms with van der Waals surface area (Å²) in [5.74, 6) is 1.91. The zero-order valence-electron chi connectivity index (χ0n) is 16.3. The van der Waals surface area contributed by atoms with Gasteiger partial charge in [0.15, 0.2) is 0 Å². The molecule has 10 radical (unpaired) electrons. The Morgan fingerprint density at radius 3 is 2.07 bits per heavy atom. The monoisotopic (exact) mass is 436 g/mol. The van der Waals surface area contributed by atoms with Crippen LogP contribution in [0.5, 0.6) is 0 Å². The summed E-state index contributed by atoms with van der Waals surface area (Å²) < 4.78 is 15.2. The van der Waals surface area contributed by atoms with Gasteiger partial charge in [0, 0.05) is 12.5 Å². The fourth-order valence-electron chi connectivity index (χ4n) is 3.15. The molecular weight excluding hydrogens is 415 g/mol. The maximum atomic E-state index is 13.0. The molecule has 1 heterocycles. The molecule has 148 valence electrons. The molecule has 0 aliphatic heterocycles.